The molecule has 191 valence electrons. The fourth-order valence-corrected chi connectivity index (χ4v) is 4.67. The summed E-state index contributed by atoms with van der Waals surface area (Å²) in [6.45, 7) is 20.0. The SMILES string of the molecule is C=C(C)C(C)=[C-]C.[B]=C(OC)c1scc(C)c1NC(=O)C[N+]1(CC(C)=O)CCC(C)(C)CC1.[CH3-].[U+2]. The van der Waals surface area contributed by atoms with E-state index in [1.807, 2.05) is 33.1 Å². The Morgan fingerprint density at radius 1 is 1.23 bits per heavy atom. The molecule has 35 heavy (non-hydrogen) atoms. The summed E-state index contributed by atoms with van der Waals surface area (Å²) in [5.41, 5.74) is 4.48. The first-order valence-corrected chi connectivity index (χ1v) is 12.2. The summed E-state index contributed by atoms with van der Waals surface area (Å²) >= 11 is 1.45. The molecule has 1 aliphatic rings. The number of quaternary nitrogens is 1. The monoisotopic (exact) mass is 724 g/mol. The summed E-state index contributed by atoms with van der Waals surface area (Å²) in [5.74, 6) is 0.0412. The smallest absolute Gasteiger partial charge is 0.358 e. The van der Waals surface area contributed by atoms with E-state index in [1.165, 1.54) is 18.4 Å². The Kier molecular flexibility index (Phi) is 16.6. The van der Waals surface area contributed by atoms with Crippen LogP contribution in [0.3, 0.4) is 0 Å². The fourth-order valence-electron chi connectivity index (χ4n) is 3.73. The van der Waals surface area contributed by atoms with Crippen LogP contribution in [0, 0.1) is 57.0 Å². The summed E-state index contributed by atoms with van der Waals surface area (Å²) in [7, 11) is 7.41. The molecular weight excluding hydrogens is 681 g/mol. The predicted octanol–water partition coefficient (Wildman–Crippen LogP) is 5.30. The molecule has 8 heteroatoms. The molecule has 1 fully saturated rings. The number of Topliss-reactive ketones (excluding diaryl/α,β-unsaturated/α-hetero) is 1. The molecule has 0 bridgehead atoms. The van der Waals surface area contributed by atoms with Crippen molar-refractivity contribution in [2.24, 2.45) is 5.41 Å². The van der Waals surface area contributed by atoms with Gasteiger partial charge in [-0.1, -0.05) is 6.92 Å². The standard InChI is InChI=1S/C19H28BN2O3S.C7H11.CH3.U/c1-13-12-26-17(18(20)25-5)16(13)21-15(24)11-22(10-14(2)23)8-6-19(3,4)7-9-22;1-5-7(4)6(2)3;;/h12H,6-11H2,1-5H3;2H2,1,3-4H3;1H3;/q;2*-1;+2/p+1. The number of ether oxygens (including phenoxy) is 1. The zero-order chi connectivity index (χ0) is 25.4. The first-order valence-electron chi connectivity index (χ1n) is 11.3. The number of piperidine rings is 1. The summed E-state index contributed by atoms with van der Waals surface area (Å²) in [4.78, 5) is 25.4. The third-order valence-corrected chi connectivity index (χ3v) is 7.37. The Labute approximate surface area is 242 Å². The molecule has 5 nitrogen and oxygen atoms in total. The molecule has 0 aliphatic carbocycles. The molecule has 1 radical (unpaired) electrons. The Hall–Kier alpha value is -0.933. The van der Waals surface area contributed by atoms with E-state index in [2.05, 4.69) is 31.8 Å². The number of nitrogens with zero attached hydrogens (tertiary/aromatic N) is 1. The second-order valence-corrected chi connectivity index (χ2v) is 10.7. The molecule has 1 aromatic rings. The van der Waals surface area contributed by atoms with Gasteiger partial charge in [-0.25, -0.2) is 11.1 Å². The second kappa shape index (κ2) is 16.0. The zero-order valence-corrected chi connectivity index (χ0v) is 28.2. The number of methoxy groups -OCH3 is 1. The first-order chi connectivity index (χ1) is 15.3. The van der Waals surface area contributed by atoms with Crippen molar-refractivity contribution in [2.75, 3.05) is 38.6 Å². The van der Waals surface area contributed by atoms with Crippen molar-refractivity contribution < 1.29 is 49.9 Å². The maximum atomic E-state index is 12.8. The minimum absolute atomic E-state index is 0. The number of likely N-dealkylation sites (tertiary alicyclic amines) is 1. The molecule has 1 aliphatic heterocycles. The zero-order valence-electron chi connectivity index (χ0n) is 23.2. The van der Waals surface area contributed by atoms with Crippen LogP contribution >= 0.6 is 11.3 Å². The van der Waals surface area contributed by atoms with E-state index >= 15 is 0 Å². The van der Waals surface area contributed by atoms with Crippen LogP contribution in [-0.4, -0.2) is 62.6 Å². The van der Waals surface area contributed by atoms with Crippen LogP contribution in [0.25, 0.3) is 0 Å². The van der Waals surface area contributed by atoms with Gasteiger partial charge in [0.1, 0.15) is 0 Å². The number of hydrogen-bond acceptors (Lipinski definition) is 4. The van der Waals surface area contributed by atoms with Crippen molar-refractivity contribution in [3.63, 3.8) is 0 Å². The molecule has 0 aromatic carbocycles. The van der Waals surface area contributed by atoms with Gasteiger partial charge in [0.05, 0.1) is 0 Å². The third-order valence-electron chi connectivity index (χ3n) is 6.26. The molecule has 2 heterocycles. The Morgan fingerprint density at radius 3 is 2.17 bits per heavy atom. The largest absolute Gasteiger partial charge is 2.00 e. The van der Waals surface area contributed by atoms with E-state index in [1.54, 1.807) is 6.92 Å². The number of rotatable bonds is 8. The van der Waals surface area contributed by atoms with Gasteiger partial charge in [-0.2, -0.15) is 6.58 Å². The molecule has 1 aromatic heterocycles. The van der Waals surface area contributed by atoms with Crippen molar-refractivity contribution in [3.8, 4) is 0 Å². The number of carbonyl (C=O) groups is 2. The van der Waals surface area contributed by atoms with E-state index in [9.17, 15) is 9.59 Å². The number of ketones is 1. The van der Waals surface area contributed by atoms with Gasteiger partial charge >= 0.3 is 192 Å². The van der Waals surface area contributed by atoms with Crippen molar-refractivity contribution >= 4 is 41.9 Å². The maximum Gasteiger partial charge on any atom is 2.00 e. The number of hydrogen-bond donors (Lipinski definition) is 1. The second-order valence-electron chi connectivity index (χ2n) is 9.87. The van der Waals surface area contributed by atoms with Crippen LogP contribution in [-0.2, 0) is 14.3 Å². The molecule has 1 saturated heterocycles. The minimum atomic E-state index is -0.0855. The normalized spacial score (nSPS) is 15.8. The van der Waals surface area contributed by atoms with Crippen molar-refractivity contribution in [1.29, 1.82) is 0 Å². The summed E-state index contributed by atoms with van der Waals surface area (Å²) in [6, 6.07) is 0. The number of aryl methyl sites for hydroxylation is 1. The quantitative estimate of drug-likeness (QED) is 0.172. The molecule has 0 saturated carbocycles. The molecule has 2 rings (SSSR count). The number of allylic oxidation sites excluding steroid dienone is 3. The van der Waals surface area contributed by atoms with E-state index < -0.39 is 0 Å². The van der Waals surface area contributed by atoms with Gasteiger partial charge in [0, 0.05) is 0 Å². The van der Waals surface area contributed by atoms with Crippen molar-refractivity contribution in [1.82, 2.24) is 0 Å². The van der Waals surface area contributed by atoms with Gasteiger partial charge in [-0.15, -0.1) is 13.8 Å². The van der Waals surface area contributed by atoms with Gasteiger partial charge in [0.25, 0.3) is 0 Å². The van der Waals surface area contributed by atoms with Gasteiger partial charge in [-0.05, 0) is 0 Å². The molecule has 0 unspecified atom stereocenters. The first kappa shape index (κ1) is 36.2. The van der Waals surface area contributed by atoms with Gasteiger partial charge in [-0.3, -0.25) is 6.08 Å². The number of nitrogens with one attached hydrogen (secondary N) is 1. The number of carbonyl (C=O) groups excluding carboxylic acids is 2. The van der Waals surface area contributed by atoms with Gasteiger partial charge < -0.3 is 7.43 Å². The predicted molar refractivity (Wildman–Crippen MR) is 147 cm³/mol. The van der Waals surface area contributed by atoms with Crippen LogP contribution in [0.15, 0.2) is 23.1 Å². The number of amides is 1. The topological polar surface area (TPSA) is 55.4 Å². The van der Waals surface area contributed by atoms with Crippen LogP contribution in [0.1, 0.15) is 64.8 Å². The van der Waals surface area contributed by atoms with Crippen LogP contribution < -0.4 is 5.32 Å². The van der Waals surface area contributed by atoms with E-state index in [-0.39, 0.29) is 55.6 Å². The van der Waals surface area contributed by atoms with Gasteiger partial charge in [0.15, 0.2) is 0 Å². The van der Waals surface area contributed by atoms with Crippen molar-refractivity contribution in [3.05, 3.63) is 47.0 Å². The van der Waals surface area contributed by atoms with E-state index in [4.69, 9.17) is 12.2 Å². The van der Waals surface area contributed by atoms with Crippen LogP contribution in [0.4, 0.5) is 5.69 Å². The average Bonchev–Trinajstić information content (AvgIpc) is 3.09. The van der Waals surface area contributed by atoms with Crippen LogP contribution in [0.5, 0.6) is 0 Å². The maximum absolute atomic E-state index is 12.8. The minimum Gasteiger partial charge on any atom is -0.358 e. The Morgan fingerprint density at radius 2 is 1.77 bits per heavy atom. The average molecular weight is 725 g/mol. The molecule has 0 atom stereocenters. The fraction of sp³-hybridized carbons (Fsp3) is 0.556. The molecular formula is C27H43BN2O3SU+. The Balaban J connectivity index is 0. The summed E-state index contributed by atoms with van der Waals surface area (Å²) in [6.07, 6.45) is 5.01. The van der Waals surface area contributed by atoms with Crippen molar-refractivity contribution in [2.45, 2.75) is 61.3 Å². The number of thiophene rings is 1. The third kappa shape index (κ3) is 11.8. The van der Waals surface area contributed by atoms with Crippen LogP contribution in [0.2, 0.25) is 0 Å². The van der Waals surface area contributed by atoms with Gasteiger partial charge in [0.2, 0.25) is 0 Å². The number of anilines is 1. The molecule has 1 amide bonds. The molecule has 0 spiro atoms. The Bertz CT molecular complexity index is 912. The van der Waals surface area contributed by atoms with E-state index in [0.717, 1.165) is 47.5 Å². The molecule has 1 N–H and O–H groups in total. The summed E-state index contributed by atoms with van der Waals surface area (Å²) < 4.78 is 5.66. The summed E-state index contributed by atoms with van der Waals surface area (Å²) in [5, 5.41) is 4.95. The van der Waals surface area contributed by atoms with E-state index in [0.29, 0.717) is 28.9 Å².